The van der Waals surface area contributed by atoms with Crippen molar-refractivity contribution in [2.75, 3.05) is 19.7 Å². The van der Waals surface area contributed by atoms with E-state index in [0.29, 0.717) is 13.0 Å². The highest BCUT2D eigenvalue weighted by molar-refractivity contribution is 5.79. The van der Waals surface area contributed by atoms with E-state index in [1.54, 1.807) is 4.90 Å². The zero-order valence-electron chi connectivity index (χ0n) is 30.5. The first-order valence-corrected chi connectivity index (χ1v) is 19.8. The Morgan fingerprint density at radius 3 is 1.45 bits per heavy atom. The molecule has 0 aromatic heterocycles. The lowest BCUT2D eigenvalue weighted by atomic mass is 9.94. The van der Waals surface area contributed by atoms with Gasteiger partial charge in [-0.15, -0.1) is 0 Å². The molecule has 2 amide bonds. The van der Waals surface area contributed by atoms with Crippen LogP contribution in [0, 0.1) is 0 Å². The van der Waals surface area contributed by atoms with Crippen LogP contribution in [0.4, 0.5) is 0 Å². The average Bonchev–Trinajstić information content (AvgIpc) is 3.07. The van der Waals surface area contributed by atoms with Crippen molar-refractivity contribution in [2.24, 2.45) is 5.73 Å². The molecule has 0 bridgehead atoms. The van der Waals surface area contributed by atoms with Gasteiger partial charge in [0, 0.05) is 13.0 Å². The van der Waals surface area contributed by atoms with Crippen LogP contribution < -0.4 is 11.1 Å². The van der Waals surface area contributed by atoms with Gasteiger partial charge in [-0.1, -0.05) is 162 Å². The molecule has 0 aromatic rings. The first kappa shape index (κ1) is 43.8. The Kier molecular flexibility index (Phi) is 27.6. The van der Waals surface area contributed by atoms with E-state index in [1.807, 2.05) is 0 Å². The highest BCUT2D eigenvalue weighted by Gasteiger charge is 2.48. The minimum Gasteiger partial charge on any atom is -0.394 e. The van der Waals surface area contributed by atoms with Crippen LogP contribution in [-0.4, -0.2) is 82.3 Å². The molecule has 1 aliphatic rings. The maximum absolute atomic E-state index is 13.7. The fourth-order valence-electron chi connectivity index (χ4n) is 6.72. The molecule has 1 aliphatic heterocycles. The van der Waals surface area contributed by atoms with Crippen molar-refractivity contribution in [3.8, 4) is 0 Å². The van der Waals surface area contributed by atoms with Gasteiger partial charge in [-0.2, -0.15) is 0 Å². The molecule has 5 atom stereocenters. The summed E-state index contributed by atoms with van der Waals surface area (Å²) in [4.78, 5) is 27.5. The van der Waals surface area contributed by atoms with E-state index in [2.05, 4.69) is 19.2 Å². The third-order valence-electron chi connectivity index (χ3n) is 9.79. The van der Waals surface area contributed by atoms with Crippen LogP contribution in [0.15, 0.2) is 0 Å². The second-order valence-corrected chi connectivity index (χ2v) is 14.0. The van der Waals surface area contributed by atoms with Gasteiger partial charge in [0.15, 0.2) is 6.23 Å². The molecule has 278 valence electrons. The number of ether oxygens (including phenoxy) is 1. The Morgan fingerprint density at radius 1 is 0.638 bits per heavy atom. The van der Waals surface area contributed by atoms with Crippen LogP contribution in [0.3, 0.4) is 0 Å². The molecule has 1 saturated heterocycles. The third-order valence-corrected chi connectivity index (χ3v) is 9.79. The van der Waals surface area contributed by atoms with Crippen LogP contribution >= 0.6 is 0 Å². The molecular weight excluding hydrogens is 594 g/mol. The van der Waals surface area contributed by atoms with E-state index in [9.17, 15) is 24.9 Å². The summed E-state index contributed by atoms with van der Waals surface area (Å²) >= 11 is 0. The number of carbonyl (C=O) groups is 2. The largest absolute Gasteiger partial charge is 0.394 e. The van der Waals surface area contributed by atoms with Crippen LogP contribution in [0.1, 0.15) is 181 Å². The maximum Gasteiger partial charge on any atom is 0.234 e. The molecule has 9 heteroatoms. The Balaban J connectivity index is 2.59. The van der Waals surface area contributed by atoms with Crippen molar-refractivity contribution in [3.63, 3.8) is 0 Å². The number of aliphatic hydroxyl groups is 3. The molecule has 0 aliphatic carbocycles. The first-order valence-electron chi connectivity index (χ1n) is 19.8. The number of rotatable bonds is 31. The zero-order valence-corrected chi connectivity index (χ0v) is 30.5. The quantitative estimate of drug-likeness (QED) is 0.0506. The summed E-state index contributed by atoms with van der Waals surface area (Å²) in [5, 5.41) is 34.0. The molecule has 1 rings (SSSR count). The Labute approximate surface area is 288 Å². The number of hydrogen-bond donors (Lipinski definition) is 5. The van der Waals surface area contributed by atoms with Gasteiger partial charge in [-0.25, -0.2) is 0 Å². The normalized spacial score (nSPS) is 21.2. The topological polar surface area (TPSA) is 145 Å². The second-order valence-electron chi connectivity index (χ2n) is 14.0. The summed E-state index contributed by atoms with van der Waals surface area (Å²) in [5.41, 5.74) is 5.53. The minimum atomic E-state index is -1.41. The van der Waals surface area contributed by atoms with E-state index < -0.39 is 43.1 Å². The molecule has 6 N–H and O–H groups in total. The third kappa shape index (κ3) is 20.1. The molecule has 0 saturated carbocycles. The highest BCUT2D eigenvalue weighted by Crippen LogP contribution is 2.26. The van der Waals surface area contributed by atoms with E-state index >= 15 is 0 Å². The smallest absolute Gasteiger partial charge is 0.234 e. The van der Waals surface area contributed by atoms with E-state index in [4.69, 9.17) is 10.5 Å². The molecule has 0 unspecified atom stereocenters. The van der Waals surface area contributed by atoms with Gasteiger partial charge in [-0.3, -0.25) is 9.59 Å². The number of hydrogen-bond acceptors (Lipinski definition) is 7. The molecule has 0 spiro atoms. The van der Waals surface area contributed by atoms with Crippen molar-refractivity contribution in [2.45, 2.75) is 211 Å². The fourth-order valence-corrected chi connectivity index (χ4v) is 6.72. The molecule has 1 fully saturated rings. The predicted molar refractivity (Wildman–Crippen MR) is 192 cm³/mol. The summed E-state index contributed by atoms with van der Waals surface area (Å²) in [6.07, 6.45) is 25.9. The molecular formula is C38H75N3O6. The number of nitrogens with zero attached hydrogens (tertiary/aromatic N) is 1. The van der Waals surface area contributed by atoms with Crippen LogP contribution in [-0.2, 0) is 14.3 Å². The number of amides is 2. The van der Waals surface area contributed by atoms with Crippen molar-refractivity contribution >= 4 is 11.8 Å². The second kappa shape index (κ2) is 29.6. The number of carbonyl (C=O) groups excluding carboxylic acids is 2. The molecule has 0 radical (unpaired) electrons. The van der Waals surface area contributed by atoms with Crippen molar-refractivity contribution in [1.29, 1.82) is 0 Å². The van der Waals surface area contributed by atoms with Crippen LogP contribution in [0.25, 0.3) is 0 Å². The molecule has 9 nitrogen and oxygen atoms in total. The lowest BCUT2D eigenvalue weighted by Crippen LogP contribution is -2.69. The van der Waals surface area contributed by atoms with Crippen LogP contribution in [0.2, 0.25) is 0 Å². The number of aliphatic hydroxyl groups excluding tert-OH is 3. The van der Waals surface area contributed by atoms with Crippen molar-refractivity contribution < 1.29 is 29.6 Å². The Bertz CT molecular complexity index is 757. The van der Waals surface area contributed by atoms with Gasteiger partial charge in [-0.05, 0) is 12.8 Å². The van der Waals surface area contributed by atoms with E-state index in [0.717, 1.165) is 38.5 Å². The SMILES string of the molecule is CCCCCCCCCCCCCCCC(=O)N(CCCCCCCCCCCCCC)[C@@H]1O[C@H](CO)[C@@H](O)[C@H](O)[C@H]1NC(=O)CN. The summed E-state index contributed by atoms with van der Waals surface area (Å²) in [7, 11) is 0. The molecule has 1 heterocycles. The highest BCUT2D eigenvalue weighted by atomic mass is 16.5. The first-order chi connectivity index (χ1) is 22.9. The predicted octanol–water partition coefficient (Wildman–Crippen LogP) is 6.88. The molecule has 0 aromatic carbocycles. The Morgan fingerprint density at radius 2 is 1.04 bits per heavy atom. The monoisotopic (exact) mass is 670 g/mol. The van der Waals surface area contributed by atoms with Gasteiger partial charge in [0.2, 0.25) is 11.8 Å². The van der Waals surface area contributed by atoms with Crippen LogP contribution in [0.5, 0.6) is 0 Å². The van der Waals surface area contributed by atoms with E-state index in [-0.39, 0.29) is 12.5 Å². The lowest BCUT2D eigenvalue weighted by Gasteiger charge is -2.46. The maximum atomic E-state index is 13.7. The van der Waals surface area contributed by atoms with Gasteiger partial charge < -0.3 is 36.0 Å². The Hall–Kier alpha value is -1.26. The summed E-state index contributed by atoms with van der Waals surface area (Å²) in [6.45, 7) is 4.13. The average molecular weight is 670 g/mol. The summed E-state index contributed by atoms with van der Waals surface area (Å²) in [6, 6.07) is -1.04. The van der Waals surface area contributed by atoms with Crippen molar-refractivity contribution in [3.05, 3.63) is 0 Å². The zero-order chi connectivity index (χ0) is 34.5. The number of unbranched alkanes of at least 4 members (excludes halogenated alkanes) is 23. The van der Waals surface area contributed by atoms with Gasteiger partial charge in [0.05, 0.1) is 13.2 Å². The molecule has 47 heavy (non-hydrogen) atoms. The summed E-state index contributed by atoms with van der Waals surface area (Å²) in [5.74, 6) is -0.597. The van der Waals surface area contributed by atoms with Crippen molar-refractivity contribution in [1.82, 2.24) is 10.2 Å². The van der Waals surface area contributed by atoms with Gasteiger partial charge in [0.25, 0.3) is 0 Å². The summed E-state index contributed by atoms with van der Waals surface area (Å²) < 4.78 is 6.03. The fraction of sp³-hybridized carbons (Fsp3) is 0.947. The number of nitrogens with one attached hydrogen (secondary N) is 1. The van der Waals surface area contributed by atoms with Gasteiger partial charge >= 0.3 is 0 Å². The van der Waals surface area contributed by atoms with E-state index in [1.165, 1.54) is 122 Å². The standard InChI is InChI=1S/C38H75N3O6/c1-3-5-7-9-11-13-15-17-18-20-22-24-26-28-34(44)41(29-27-25-23-21-19-16-14-12-10-8-6-4-2)38-35(40-33(43)30-39)37(46)36(45)32(31-42)47-38/h32,35-38,42,45-46H,3-31,39H2,1-2H3,(H,40,43)/t32-,35-,36-,37-,38-/m1/s1. The number of nitrogens with two attached hydrogens (primary N) is 1. The lowest BCUT2D eigenvalue weighted by molar-refractivity contribution is -0.231. The van der Waals surface area contributed by atoms with Gasteiger partial charge in [0.1, 0.15) is 24.4 Å². The minimum absolute atomic E-state index is 0.0894.